The largest absolute Gasteiger partial charge is 0.497 e. The third-order valence-electron chi connectivity index (χ3n) is 5.21. The fraction of sp³-hybridized carbons (Fsp3) is 0.435. The monoisotopic (exact) mass is 413 g/mol. The standard InChI is InChI=1S/C23H31N3O4/c1-28-20-6-4-19(5-7-20)26-16-14-25(15-17-26)13-3-12-24-23(27)18-30-22-10-8-21(29-2)9-11-22/h4-11H,3,12-18H2,1-2H3,(H,24,27). The Kier molecular flexibility index (Phi) is 8.20. The first-order valence-corrected chi connectivity index (χ1v) is 10.3. The molecule has 0 unspecified atom stereocenters. The number of nitrogens with one attached hydrogen (secondary N) is 1. The van der Waals surface area contributed by atoms with Crippen molar-refractivity contribution >= 4 is 11.6 Å². The van der Waals surface area contributed by atoms with Crippen LogP contribution in [-0.4, -0.2) is 70.9 Å². The molecule has 3 rings (SSSR count). The molecule has 30 heavy (non-hydrogen) atoms. The number of rotatable bonds is 10. The van der Waals surface area contributed by atoms with E-state index >= 15 is 0 Å². The summed E-state index contributed by atoms with van der Waals surface area (Å²) in [5.41, 5.74) is 1.24. The summed E-state index contributed by atoms with van der Waals surface area (Å²) in [7, 11) is 3.30. The molecule has 1 aliphatic rings. The van der Waals surface area contributed by atoms with E-state index in [0.29, 0.717) is 12.3 Å². The Morgan fingerprint density at radius 2 is 1.43 bits per heavy atom. The predicted octanol–water partition coefficient (Wildman–Crippen LogP) is 2.41. The highest BCUT2D eigenvalue weighted by atomic mass is 16.5. The summed E-state index contributed by atoms with van der Waals surface area (Å²) in [4.78, 5) is 16.8. The van der Waals surface area contributed by atoms with Gasteiger partial charge in [-0.15, -0.1) is 0 Å². The summed E-state index contributed by atoms with van der Waals surface area (Å²) in [6, 6.07) is 15.4. The van der Waals surface area contributed by atoms with Gasteiger partial charge in [0.25, 0.3) is 5.91 Å². The molecule has 1 fully saturated rings. The highest BCUT2D eigenvalue weighted by molar-refractivity contribution is 5.77. The normalized spacial score (nSPS) is 14.3. The van der Waals surface area contributed by atoms with Crippen LogP contribution in [0.5, 0.6) is 17.2 Å². The molecule has 0 bridgehead atoms. The number of carbonyl (C=O) groups excluding carboxylic acids is 1. The molecule has 2 aromatic carbocycles. The van der Waals surface area contributed by atoms with Crippen molar-refractivity contribution in [1.82, 2.24) is 10.2 Å². The Morgan fingerprint density at radius 1 is 0.867 bits per heavy atom. The Hall–Kier alpha value is -2.93. The second-order valence-corrected chi connectivity index (χ2v) is 7.19. The molecule has 0 atom stereocenters. The molecule has 1 N–H and O–H groups in total. The van der Waals surface area contributed by atoms with Crippen LogP contribution in [0.25, 0.3) is 0 Å². The minimum Gasteiger partial charge on any atom is -0.497 e. The van der Waals surface area contributed by atoms with Crippen molar-refractivity contribution in [2.75, 3.05) is 65.0 Å². The first-order valence-electron chi connectivity index (χ1n) is 10.3. The zero-order valence-electron chi connectivity index (χ0n) is 17.8. The van der Waals surface area contributed by atoms with E-state index in [-0.39, 0.29) is 12.5 Å². The van der Waals surface area contributed by atoms with Crippen molar-refractivity contribution in [3.8, 4) is 17.2 Å². The smallest absolute Gasteiger partial charge is 0.257 e. The maximum absolute atomic E-state index is 11.9. The lowest BCUT2D eigenvalue weighted by Crippen LogP contribution is -2.47. The van der Waals surface area contributed by atoms with Crippen molar-refractivity contribution in [2.24, 2.45) is 0 Å². The Balaban J connectivity index is 1.27. The first-order chi connectivity index (χ1) is 14.7. The Bertz CT molecular complexity index is 772. The van der Waals surface area contributed by atoms with E-state index in [9.17, 15) is 4.79 Å². The van der Waals surface area contributed by atoms with Crippen LogP contribution in [0.4, 0.5) is 5.69 Å². The summed E-state index contributed by atoms with van der Waals surface area (Å²) >= 11 is 0. The first kappa shape index (κ1) is 21.8. The number of nitrogens with zero attached hydrogens (tertiary/aromatic N) is 2. The second-order valence-electron chi connectivity index (χ2n) is 7.19. The summed E-state index contributed by atoms with van der Waals surface area (Å²) in [6.07, 6.45) is 0.927. The van der Waals surface area contributed by atoms with Gasteiger partial charge in [0.05, 0.1) is 14.2 Å². The number of benzene rings is 2. The fourth-order valence-electron chi connectivity index (χ4n) is 3.43. The highest BCUT2D eigenvalue weighted by Gasteiger charge is 2.16. The highest BCUT2D eigenvalue weighted by Crippen LogP contribution is 2.20. The number of hydrogen-bond donors (Lipinski definition) is 1. The molecule has 1 aliphatic heterocycles. The predicted molar refractivity (Wildman–Crippen MR) is 118 cm³/mol. The quantitative estimate of drug-likeness (QED) is 0.604. The summed E-state index contributed by atoms with van der Waals surface area (Å²) in [5, 5.41) is 2.92. The van der Waals surface area contributed by atoms with Gasteiger partial charge in [0, 0.05) is 38.4 Å². The van der Waals surface area contributed by atoms with Crippen molar-refractivity contribution < 1.29 is 19.0 Å². The Morgan fingerprint density at radius 3 is 2.03 bits per heavy atom. The van der Waals surface area contributed by atoms with Crippen LogP contribution in [0.15, 0.2) is 48.5 Å². The molecule has 0 saturated carbocycles. The van der Waals surface area contributed by atoms with Gasteiger partial charge in [-0.2, -0.15) is 0 Å². The van der Waals surface area contributed by atoms with E-state index in [1.54, 1.807) is 26.4 Å². The average Bonchev–Trinajstić information content (AvgIpc) is 2.81. The van der Waals surface area contributed by atoms with E-state index < -0.39 is 0 Å². The molecular formula is C23H31N3O4. The van der Waals surface area contributed by atoms with Crippen LogP contribution in [0.3, 0.4) is 0 Å². The molecule has 1 saturated heterocycles. The van der Waals surface area contributed by atoms with Gasteiger partial charge in [0.2, 0.25) is 0 Å². The number of carbonyl (C=O) groups is 1. The van der Waals surface area contributed by atoms with E-state index in [1.807, 2.05) is 24.3 Å². The Labute approximate surface area is 178 Å². The lowest BCUT2D eigenvalue weighted by atomic mass is 10.2. The third-order valence-corrected chi connectivity index (χ3v) is 5.21. The summed E-state index contributed by atoms with van der Waals surface area (Å²) in [5.74, 6) is 2.20. The van der Waals surface area contributed by atoms with Crippen molar-refractivity contribution in [3.63, 3.8) is 0 Å². The molecule has 0 aliphatic carbocycles. The molecule has 162 valence electrons. The van der Waals surface area contributed by atoms with E-state index in [2.05, 4.69) is 27.2 Å². The van der Waals surface area contributed by atoms with E-state index in [1.165, 1.54) is 5.69 Å². The molecule has 1 amide bonds. The van der Waals surface area contributed by atoms with Crippen LogP contribution < -0.4 is 24.4 Å². The lowest BCUT2D eigenvalue weighted by molar-refractivity contribution is -0.123. The number of amides is 1. The lowest BCUT2D eigenvalue weighted by Gasteiger charge is -2.36. The second kappa shape index (κ2) is 11.3. The molecule has 0 radical (unpaired) electrons. The van der Waals surface area contributed by atoms with Crippen molar-refractivity contribution in [3.05, 3.63) is 48.5 Å². The van der Waals surface area contributed by atoms with Crippen LogP contribution >= 0.6 is 0 Å². The maximum Gasteiger partial charge on any atom is 0.257 e. The van der Waals surface area contributed by atoms with E-state index in [0.717, 1.165) is 50.6 Å². The van der Waals surface area contributed by atoms with Gasteiger partial charge >= 0.3 is 0 Å². The van der Waals surface area contributed by atoms with E-state index in [4.69, 9.17) is 14.2 Å². The third kappa shape index (κ3) is 6.56. The summed E-state index contributed by atoms with van der Waals surface area (Å²) < 4.78 is 15.8. The molecule has 1 heterocycles. The van der Waals surface area contributed by atoms with Gasteiger partial charge in [0.1, 0.15) is 17.2 Å². The van der Waals surface area contributed by atoms with Crippen LogP contribution in [0, 0.1) is 0 Å². The van der Waals surface area contributed by atoms with Crippen molar-refractivity contribution in [2.45, 2.75) is 6.42 Å². The molecule has 0 aromatic heterocycles. The minimum absolute atomic E-state index is 0.0207. The van der Waals surface area contributed by atoms with Crippen molar-refractivity contribution in [1.29, 1.82) is 0 Å². The summed E-state index contributed by atoms with van der Waals surface area (Å²) in [6.45, 7) is 5.73. The SMILES string of the molecule is COc1ccc(OCC(=O)NCCCN2CCN(c3ccc(OC)cc3)CC2)cc1. The zero-order valence-corrected chi connectivity index (χ0v) is 17.8. The van der Waals surface area contributed by atoms with Gasteiger partial charge in [-0.05, 0) is 61.5 Å². The topological polar surface area (TPSA) is 63.3 Å². The molecule has 2 aromatic rings. The van der Waals surface area contributed by atoms with Crippen LogP contribution in [-0.2, 0) is 4.79 Å². The van der Waals surface area contributed by atoms with Gasteiger partial charge in [0.15, 0.2) is 6.61 Å². The van der Waals surface area contributed by atoms with Gasteiger partial charge in [-0.25, -0.2) is 0 Å². The molecule has 0 spiro atoms. The number of methoxy groups -OCH3 is 2. The molecule has 7 nitrogen and oxygen atoms in total. The van der Waals surface area contributed by atoms with Gasteiger partial charge in [-0.3, -0.25) is 9.69 Å². The number of ether oxygens (including phenoxy) is 3. The van der Waals surface area contributed by atoms with Gasteiger partial charge in [-0.1, -0.05) is 0 Å². The number of anilines is 1. The van der Waals surface area contributed by atoms with Crippen LogP contribution in [0.2, 0.25) is 0 Å². The maximum atomic E-state index is 11.9. The number of hydrogen-bond acceptors (Lipinski definition) is 6. The minimum atomic E-state index is -0.102. The number of piperazine rings is 1. The van der Waals surface area contributed by atoms with Gasteiger partial charge < -0.3 is 24.4 Å². The molecule has 7 heteroatoms. The molecular weight excluding hydrogens is 382 g/mol. The average molecular weight is 414 g/mol. The zero-order chi connectivity index (χ0) is 21.2. The van der Waals surface area contributed by atoms with Crippen LogP contribution in [0.1, 0.15) is 6.42 Å². The fourth-order valence-corrected chi connectivity index (χ4v) is 3.43.